The number of hydrogen-bond donors (Lipinski definition) is 2. The highest BCUT2D eigenvalue weighted by molar-refractivity contribution is 7.19. The summed E-state index contributed by atoms with van der Waals surface area (Å²) in [7, 11) is 0. The van der Waals surface area contributed by atoms with Crippen molar-refractivity contribution in [3.05, 3.63) is 84.6 Å². The Balaban J connectivity index is 1.63. The van der Waals surface area contributed by atoms with Gasteiger partial charge in [-0.15, -0.1) is 21.5 Å². The molecule has 136 valence electrons. The van der Waals surface area contributed by atoms with Crippen molar-refractivity contribution in [2.75, 3.05) is 0 Å². The summed E-state index contributed by atoms with van der Waals surface area (Å²) < 4.78 is 0. The number of hydrogen-bond acceptors (Lipinski definition) is 6. The zero-order chi connectivity index (χ0) is 18.9. The average Bonchev–Trinajstić information content (AvgIpc) is 3.43. The topological polar surface area (TPSA) is 87.6 Å². The fourth-order valence-electron chi connectivity index (χ4n) is 3.19. The number of pyridine rings is 2. The predicted molar refractivity (Wildman–Crippen MR) is 109 cm³/mol. The van der Waals surface area contributed by atoms with Crippen LogP contribution in [0.2, 0.25) is 0 Å². The van der Waals surface area contributed by atoms with E-state index in [4.69, 9.17) is 0 Å². The Morgan fingerprint density at radius 1 is 1.04 bits per heavy atom. The molecule has 1 unspecified atom stereocenters. The van der Waals surface area contributed by atoms with Gasteiger partial charge in [-0.3, -0.25) is 9.97 Å². The van der Waals surface area contributed by atoms with Gasteiger partial charge in [-0.1, -0.05) is 18.2 Å². The van der Waals surface area contributed by atoms with Crippen LogP contribution >= 0.6 is 11.3 Å². The molecule has 0 aliphatic rings. The van der Waals surface area contributed by atoms with Gasteiger partial charge in [-0.2, -0.15) is 0 Å². The van der Waals surface area contributed by atoms with Crippen LogP contribution < -0.4 is 0 Å². The van der Waals surface area contributed by atoms with Crippen LogP contribution in [-0.2, 0) is 0 Å². The molecule has 5 rings (SSSR count). The minimum absolute atomic E-state index is 0.633. The molecule has 0 radical (unpaired) electrons. The van der Waals surface area contributed by atoms with Crippen molar-refractivity contribution in [2.24, 2.45) is 0 Å². The van der Waals surface area contributed by atoms with E-state index in [1.807, 2.05) is 48.5 Å². The molecule has 5 aromatic rings. The lowest BCUT2D eigenvalue weighted by atomic mass is 10.0. The molecule has 0 fully saturated rings. The maximum Gasteiger partial charge on any atom is 0.171 e. The lowest BCUT2D eigenvalue weighted by molar-refractivity contribution is 0.221. The number of nitrogens with zero attached hydrogens (tertiary/aromatic N) is 4. The standard InChI is InChI=1S/C21H15N5OS/c27-19(15-9-14-3-1-2-4-17(14)23-11-15)16-10-18(13-5-7-22-8-6-13)28-20(16)21-24-12-25-26-21/h1-12,19,27H,(H,24,25,26). The summed E-state index contributed by atoms with van der Waals surface area (Å²) in [6.45, 7) is 0. The highest BCUT2D eigenvalue weighted by Crippen LogP contribution is 2.41. The minimum Gasteiger partial charge on any atom is -0.384 e. The van der Waals surface area contributed by atoms with Crippen LogP contribution in [0, 0.1) is 0 Å². The molecule has 1 aromatic carbocycles. The molecule has 7 heteroatoms. The van der Waals surface area contributed by atoms with Crippen LogP contribution in [0.4, 0.5) is 0 Å². The molecule has 0 aliphatic heterocycles. The molecule has 4 aromatic heterocycles. The van der Waals surface area contributed by atoms with Gasteiger partial charge in [0.1, 0.15) is 12.4 Å². The maximum atomic E-state index is 11.2. The summed E-state index contributed by atoms with van der Waals surface area (Å²) in [4.78, 5) is 13.5. The van der Waals surface area contributed by atoms with Gasteiger partial charge < -0.3 is 10.1 Å². The van der Waals surface area contributed by atoms with Crippen LogP contribution in [0.15, 0.2) is 73.4 Å². The smallest absolute Gasteiger partial charge is 0.171 e. The number of aromatic amines is 1. The van der Waals surface area contributed by atoms with Gasteiger partial charge in [0.15, 0.2) is 5.82 Å². The Hall–Kier alpha value is -3.42. The molecule has 0 saturated heterocycles. The summed E-state index contributed by atoms with van der Waals surface area (Å²) in [5.74, 6) is 0.633. The second-order valence-corrected chi connectivity index (χ2v) is 7.38. The average molecular weight is 385 g/mol. The first-order valence-corrected chi connectivity index (χ1v) is 9.54. The van der Waals surface area contributed by atoms with E-state index in [1.54, 1.807) is 29.9 Å². The van der Waals surface area contributed by atoms with E-state index in [-0.39, 0.29) is 0 Å². The molecule has 28 heavy (non-hydrogen) atoms. The summed E-state index contributed by atoms with van der Waals surface area (Å²) in [6, 6.07) is 15.7. The Bertz CT molecular complexity index is 1230. The number of benzene rings is 1. The molecule has 0 bridgehead atoms. The van der Waals surface area contributed by atoms with Crippen LogP contribution in [0.5, 0.6) is 0 Å². The molecule has 6 nitrogen and oxygen atoms in total. The maximum absolute atomic E-state index is 11.2. The van der Waals surface area contributed by atoms with Crippen LogP contribution in [-0.4, -0.2) is 30.3 Å². The molecule has 0 spiro atoms. The van der Waals surface area contributed by atoms with Gasteiger partial charge in [0, 0.05) is 40.0 Å². The van der Waals surface area contributed by atoms with E-state index in [1.165, 1.54) is 6.33 Å². The largest absolute Gasteiger partial charge is 0.384 e. The molecular weight excluding hydrogens is 370 g/mol. The lowest BCUT2D eigenvalue weighted by Gasteiger charge is -2.12. The Morgan fingerprint density at radius 3 is 2.71 bits per heavy atom. The quantitative estimate of drug-likeness (QED) is 0.483. The van der Waals surface area contributed by atoms with Gasteiger partial charge in [0.05, 0.1) is 10.4 Å². The summed E-state index contributed by atoms with van der Waals surface area (Å²) in [5, 5.41) is 20.2. The number of aromatic nitrogens is 5. The van der Waals surface area contributed by atoms with Crippen LogP contribution in [0.25, 0.3) is 32.0 Å². The van der Waals surface area contributed by atoms with Crippen molar-refractivity contribution in [1.82, 2.24) is 25.1 Å². The van der Waals surface area contributed by atoms with Crippen molar-refractivity contribution in [3.8, 4) is 21.1 Å². The van der Waals surface area contributed by atoms with Gasteiger partial charge in [-0.25, -0.2) is 0 Å². The van der Waals surface area contributed by atoms with E-state index in [0.717, 1.165) is 37.3 Å². The number of aliphatic hydroxyl groups excluding tert-OH is 1. The van der Waals surface area contributed by atoms with Gasteiger partial charge in [-0.05, 0) is 35.9 Å². The van der Waals surface area contributed by atoms with Crippen molar-refractivity contribution in [3.63, 3.8) is 0 Å². The van der Waals surface area contributed by atoms with E-state index in [9.17, 15) is 5.11 Å². The van der Waals surface area contributed by atoms with Gasteiger partial charge in [0.2, 0.25) is 0 Å². The third kappa shape index (κ3) is 2.96. The number of aliphatic hydroxyl groups is 1. The normalized spacial score (nSPS) is 12.3. The third-order valence-electron chi connectivity index (χ3n) is 4.58. The number of thiophene rings is 1. The summed E-state index contributed by atoms with van der Waals surface area (Å²) in [5.41, 5.74) is 3.44. The number of H-pyrrole nitrogens is 1. The van der Waals surface area contributed by atoms with Crippen LogP contribution in [0.1, 0.15) is 17.2 Å². The van der Waals surface area contributed by atoms with Crippen molar-refractivity contribution < 1.29 is 5.11 Å². The Labute approximate surface area is 164 Å². The molecule has 1 atom stereocenters. The summed E-state index contributed by atoms with van der Waals surface area (Å²) in [6.07, 6.45) is 5.94. The first-order valence-electron chi connectivity index (χ1n) is 8.73. The fourth-order valence-corrected chi connectivity index (χ4v) is 4.33. The van der Waals surface area contributed by atoms with Crippen molar-refractivity contribution in [2.45, 2.75) is 6.10 Å². The highest BCUT2D eigenvalue weighted by Gasteiger charge is 2.22. The SMILES string of the molecule is OC(c1cnc2ccccc2c1)c1cc(-c2ccncc2)sc1-c1nnc[nH]1. The monoisotopic (exact) mass is 385 g/mol. The van der Waals surface area contributed by atoms with E-state index < -0.39 is 6.10 Å². The van der Waals surface area contributed by atoms with Crippen molar-refractivity contribution >= 4 is 22.2 Å². The van der Waals surface area contributed by atoms with E-state index >= 15 is 0 Å². The molecular formula is C21H15N5OS. The number of nitrogens with one attached hydrogen (secondary N) is 1. The molecule has 4 heterocycles. The number of rotatable bonds is 4. The Kier molecular flexibility index (Phi) is 4.16. The second-order valence-electron chi connectivity index (χ2n) is 6.33. The lowest BCUT2D eigenvalue weighted by Crippen LogP contribution is -2.01. The third-order valence-corrected chi connectivity index (χ3v) is 5.79. The molecule has 0 saturated carbocycles. The van der Waals surface area contributed by atoms with Gasteiger partial charge >= 0.3 is 0 Å². The minimum atomic E-state index is -0.830. The molecule has 0 aliphatic carbocycles. The highest BCUT2D eigenvalue weighted by atomic mass is 32.1. The predicted octanol–water partition coefficient (Wildman–Crippen LogP) is 4.23. The van der Waals surface area contributed by atoms with E-state index in [0.29, 0.717) is 5.82 Å². The zero-order valence-electron chi connectivity index (χ0n) is 14.6. The number of fused-ring (bicyclic) bond motifs is 1. The van der Waals surface area contributed by atoms with Crippen molar-refractivity contribution in [1.29, 1.82) is 0 Å². The first-order chi connectivity index (χ1) is 13.8. The fraction of sp³-hybridized carbons (Fsp3) is 0.0476. The number of para-hydroxylation sites is 1. The van der Waals surface area contributed by atoms with Crippen LogP contribution in [0.3, 0.4) is 0 Å². The Morgan fingerprint density at radius 2 is 1.89 bits per heavy atom. The zero-order valence-corrected chi connectivity index (χ0v) is 15.5. The van der Waals surface area contributed by atoms with E-state index in [2.05, 4.69) is 25.1 Å². The second kappa shape index (κ2) is 6.95. The van der Waals surface area contributed by atoms with Gasteiger partial charge in [0.25, 0.3) is 0 Å². The summed E-state index contributed by atoms with van der Waals surface area (Å²) >= 11 is 1.56. The first kappa shape index (κ1) is 16.7. The molecule has 2 N–H and O–H groups in total. The molecule has 0 amide bonds.